The Hall–Kier alpha value is -2.42. The summed E-state index contributed by atoms with van der Waals surface area (Å²) in [6.07, 6.45) is 0. The van der Waals surface area contributed by atoms with Gasteiger partial charge in [-0.3, -0.25) is 0 Å². The molecule has 0 atom stereocenters. The molecule has 0 unspecified atom stereocenters. The summed E-state index contributed by atoms with van der Waals surface area (Å²) in [5, 5.41) is 15.6. The summed E-state index contributed by atoms with van der Waals surface area (Å²) < 4.78 is 6.25. The van der Waals surface area contributed by atoms with E-state index in [-0.39, 0.29) is 0 Å². The SMILES string of the molecule is COc1ccccc1Nc1nnc(SCc2csc(-c3ccccc3)n2)s1. The molecule has 0 saturated heterocycles. The van der Waals surface area contributed by atoms with Crippen molar-refractivity contribution >= 4 is 45.3 Å². The highest BCUT2D eigenvalue weighted by atomic mass is 32.2. The predicted molar refractivity (Wildman–Crippen MR) is 113 cm³/mol. The molecular weight excluding hydrogens is 396 g/mol. The van der Waals surface area contributed by atoms with E-state index < -0.39 is 0 Å². The first-order valence-electron chi connectivity index (χ1n) is 8.18. The Bertz CT molecular complexity index is 1020. The maximum Gasteiger partial charge on any atom is 0.210 e. The molecular formula is C19H16N4OS3. The Labute approximate surface area is 169 Å². The van der Waals surface area contributed by atoms with Crippen molar-refractivity contribution < 1.29 is 4.74 Å². The van der Waals surface area contributed by atoms with Crippen LogP contribution in [0.2, 0.25) is 0 Å². The number of anilines is 2. The number of thiazole rings is 1. The Morgan fingerprint density at radius 2 is 1.85 bits per heavy atom. The topological polar surface area (TPSA) is 59.9 Å². The largest absolute Gasteiger partial charge is 0.495 e. The van der Waals surface area contributed by atoms with Crippen LogP contribution in [-0.4, -0.2) is 22.3 Å². The van der Waals surface area contributed by atoms with Crippen LogP contribution in [0.25, 0.3) is 10.6 Å². The van der Waals surface area contributed by atoms with Crippen LogP contribution in [0.5, 0.6) is 5.75 Å². The van der Waals surface area contributed by atoms with Gasteiger partial charge < -0.3 is 10.1 Å². The molecule has 27 heavy (non-hydrogen) atoms. The van der Waals surface area contributed by atoms with Gasteiger partial charge in [-0.15, -0.1) is 21.5 Å². The van der Waals surface area contributed by atoms with E-state index in [0.717, 1.165) is 42.9 Å². The summed E-state index contributed by atoms with van der Waals surface area (Å²) in [5.74, 6) is 1.55. The van der Waals surface area contributed by atoms with Gasteiger partial charge in [0.15, 0.2) is 4.34 Å². The van der Waals surface area contributed by atoms with E-state index in [1.807, 2.05) is 42.5 Å². The van der Waals surface area contributed by atoms with Gasteiger partial charge in [-0.25, -0.2) is 4.98 Å². The molecule has 136 valence electrons. The second-order valence-electron chi connectivity index (χ2n) is 5.50. The van der Waals surface area contributed by atoms with E-state index in [2.05, 4.69) is 33.0 Å². The fourth-order valence-corrected chi connectivity index (χ4v) is 4.99. The van der Waals surface area contributed by atoms with Crippen molar-refractivity contribution in [2.24, 2.45) is 0 Å². The molecule has 0 fully saturated rings. The van der Waals surface area contributed by atoms with Crippen LogP contribution in [0, 0.1) is 0 Å². The molecule has 0 saturated carbocycles. The van der Waals surface area contributed by atoms with Crippen LogP contribution < -0.4 is 10.1 Å². The molecule has 2 heterocycles. The van der Waals surface area contributed by atoms with Gasteiger partial charge in [0.05, 0.1) is 18.5 Å². The molecule has 0 spiro atoms. The molecule has 0 aliphatic rings. The maximum atomic E-state index is 5.35. The summed E-state index contributed by atoms with van der Waals surface area (Å²) in [4.78, 5) is 4.71. The van der Waals surface area contributed by atoms with Crippen LogP contribution in [0.15, 0.2) is 64.3 Å². The third-order valence-corrected chi connectivity index (χ3v) is 6.62. The molecule has 5 nitrogen and oxygen atoms in total. The van der Waals surface area contributed by atoms with Gasteiger partial charge in [-0.2, -0.15) is 0 Å². The third kappa shape index (κ3) is 4.47. The number of benzene rings is 2. The highest BCUT2D eigenvalue weighted by Crippen LogP contribution is 2.33. The number of hydrogen-bond donors (Lipinski definition) is 1. The van der Waals surface area contributed by atoms with Crippen molar-refractivity contribution in [3.63, 3.8) is 0 Å². The minimum absolute atomic E-state index is 0.741. The normalized spacial score (nSPS) is 10.7. The first-order chi connectivity index (χ1) is 13.3. The van der Waals surface area contributed by atoms with Gasteiger partial charge in [0.1, 0.15) is 10.8 Å². The van der Waals surface area contributed by atoms with Crippen molar-refractivity contribution in [1.29, 1.82) is 0 Å². The van der Waals surface area contributed by atoms with Crippen molar-refractivity contribution in [2.75, 3.05) is 12.4 Å². The van der Waals surface area contributed by atoms with Gasteiger partial charge in [-0.1, -0.05) is 65.6 Å². The summed E-state index contributed by atoms with van der Waals surface area (Å²) in [6.45, 7) is 0. The van der Waals surface area contributed by atoms with Crippen LogP contribution >= 0.6 is 34.4 Å². The molecule has 2 aromatic carbocycles. The van der Waals surface area contributed by atoms with Gasteiger partial charge in [-0.05, 0) is 12.1 Å². The van der Waals surface area contributed by atoms with Crippen molar-refractivity contribution in [1.82, 2.24) is 15.2 Å². The summed E-state index contributed by atoms with van der Waals surface area (Å²) >= 11 is 4.83. The van der Waals surface area contributed by atoms with E-state index in [4.69, 9.17) is 9.72 Å². The molecule has 0 radical (unpaired) electrons. The van der Waals surface area contributed by atoms with E-state index in [1.54, 1.807) is 30.2 Å². The van der Waals surface area contributed by atoms with Crippen molar-refractivity contribution in [2.45, 2.75) is 10.1 Å². The Balaban J connectivity index is 1.38. The van der Waals surface area contributed by atoms with E-state index in [1.165, 1.54) is 11.3 Å². The van der Waals surface area contributed by atoms with E-state index in [9.17, 15) is 0 Å². The highest BCUT2D eigenvalue weighted by molar-refractivity contribution is 8.00. The highest BCUT2D eigenvalue weighted by Gasteiger charge is 2.10. The van der Waals surface area contributed by atoms with Crippen molar-refractivity contribution in [3.05, 3.63) is 65.7 Å². The summed E-state index contributed by atoms with van der Waals surface area (Å²) in [6, 6.07) is 18.0. The van der Waals surface area contributed by atoms with Crippen LogP contribution in [0.1, 0.15) is 5.69 Å². The number of hydrogen-bond acceptors (Lipinski definition) is 8. The molecule has 0 bridgehead atoms. The lowest BCUT2D eigenvalue weighted by Gasteiger charge is -2.07. The molecule has 8 heteroatoms. The number of aromatic nitrogens is 3. The number of rotatable bonds is 7. The van der Waals surface area contributed by atoms with Gasteiger partial charge in [0, 0.05) is 16.7 Å². The Morgan fingerprint density at radius 3 is 2.70 bits per heavy atom. The number of methoxy groups -OCH3 is 1. The molecule has 4 aromatic rings. The van der Waals surface area contributed by atoms with Crippen molar-refractivity contribution in [3.8, 4) is 16.3 Å². The zero-order valence-corrected chi connectivity index (χ0v) is 16.9. The number of thioether (sulfide) groups is 1. The van der Waals surface area contributed by atoms with E-state index in [0.29, 0.717) is 0 Å². The minimum atomic E-state index is 0.741. The summed E-state index contributed by atoms with van der Waals surface area (Å²) in [7, 11) is 1.65. The van der Waals surface area contributed by atoms with Gasteiger partial charge in [0.2, 0.25) is 5.13 Å². The summed E-state index contributed by atoms with van der Waals surface area (Å²) in [5.41, 5.74) is 3.08. The zero-order valence-electron chi connectivity index (χ0n) is 14.5. The molecule has 4 rings (SSSR count). The minimum Gasteiger partial charge on any atom is -0.495 e. The monoisotopic (exact) mass is 412 g/mol. The lowest BCUT2D eigenvalue weighted by Crippen LogP contribution is -1.93. The standard InChI is InChI=1S/C19H16N4OS3/c1-24-16-10-6-5-9-15(16)21-18-22-23-19(27-18)26-12-14-11-25-17(20-14)13-7-3-2-4-8-13/h2-11H,12H2,1H3,(H,21,22). The molecule has 0 amide bonds. The lowest BCUT2D eigenvalue weighted by molar-refractivity contribution is 0.417. The molecule has 0 aliphatic heterocycles. The first-order valence-corrected chi connectivity index (χ1v) is 10.9. The quantitative estimate of drug-likeness (QED) is 0.393. The number of nitrogens with zero attached hydrogens (tertiary/aromatic N) is 3. The third-order valence-electron chi connectivity index (χ3n) is 3.67. The average Bonchev–Trinajstić information content (AvgIpc) is 3.37. The molecule has 2 aromatic heterocycles. The number of nitrogens with one attached hydrogen (secondary N) is 1. The lowest BCUT2D eigenvalue weighted by atomic mass is 10.2. The second kappa shape index (κ2) is 8.51. The fraction of sp³-hybridized carbons (Fsp3) is 0.105. The average molecular weight is 413 g/mol. The molecule has 0 aliphatic carbocycles. The predicted octanol–water partition coefficient (Wildman–Crippen LogP) is 5.71. The van der Waals surface area contributed by atoms with Gasteiger partial charge in [0.25, 0.3) is 0 Å². The van der Waals surface area contributed by atoms with Gasteiger partial charge >= 0.3 is 0 Å². The number of ether oxygens (including phenoxy) is 1. The first kappa shape index (κ1) is 18.0. The Kier molecular flexibility index (Phi) is 5.66. The van der Waals surface area contributed by atoms with Crippen LogP contribution in [-0.2, 0) is 5.75 Å². The smallest absolute Gasteiger partial charge is 0.210 e. The second-order valence-corrected chi connectivity index (χ2v) is 8.56. The fourth-order valence-electron chi connectivity index (χ4n) is 2.40. The maximum absolute atomic E-state index is 5.35. The zero-order chi connectivity index (χ0) is 18.5. The Morgan fingerprint density at radius 1 is 1.04 bits per heavy atom. The van der Waals surface area contributed by atoms with Crippen LogP contribution in [0.4, 0.5) is 10.8 Å². The number of para-hydroxylation sites is 2. The van der Waals surface area contributed by atoms with E-state index >= 15 is 0 Å². The van der Waals surface area contributed by atoms with Crippen LogP contribution in [0.3, 0.4) is 0 Å². The molecule has 1 N–H and O–H groups in total.